The molecule has 5 rings (SSSR count). The second-order valence-corrected chi connectivity index (χ2v) is 13.7. The Balaban J connectivity index is 1.11. The minimum absolute atomic E-state index is 0.0318. The number of hydrogen-bond acceptors (Lipinski definition) is 15. The molecule has 6 N–H and O–H groups in total. The molecule has 0 unspecified atom stereocenters. The second-order valence-electron chi connectivity index (χ2n) is 12.1. The predicted octanol–water partition coefficient (Wildman–Crippen LogP) is 3.42. The molecule has 0 saturated carbocycles. The Morgan fingerprint density at radius 3 is 2.27 bits per heavy atom. The molecule has 59 heavy (non-hydrogen) atoms. The van der Waals surface area contributed by atoms with Crippen molar-refractivity contribution in [3.8, 4) is 30.8 Å². The van der Waals surface area contributed by atoms with Crippen molar-refractivity contribution in [2.45, 2.75) is 31.7 Å². The zero-order valence-electron chi connectivity index (χ0n) is 30.6. The Morgan fingerprint density at radius 1 is 0.915 bits per heavy atom. The maximum absolute atomic E-state index is 13.2. The van der Waals surface area contributed by atoms with Crippen LogP contribution >= 0.6 is 7.82 Å². The summed E-state index contributed by atoms with van der Waals surface area (Å²) in [6.45, 7) is -0.0960. The molecule has 1 atom stereocenters. The first kappa shape index (κ1) is 42.3. The van der Waals surface area contributed by atoms with E-state index in [1.165, 1.54) is 36.4 Å². The second kappa shape index (κ2) is 19.3. The topological polar surface area (TPSA) is 281 Å². The normalized spacial score (nSPS) is 11.3. The lowest BCUT2D eigenvalue weighted by Crippen LogP contribution is -2.41. The number of terminal acetylenes is 2. The molecule has 0 bridgehead atoms. The monoisotopic (exact) mass is 821 g/mol. The maximum Gasteiger partial charge on any atom is 0.604 e. The minimum Gasteiger partial charge on any atom is -0.480 e. The number of carboxylic acids is 1. The number of nitrogens with zero attached hydrogens (tertiary/aromatic N) is 3. The van der Waals surface area contributed by atoms with Gasteiger partial charge in [0.15, 0.2) is 16.9 Å². The van der Waals surface area contributed by atoms with Gasteiger partial charge in [-0.3, -0.25) is 33.5 Å². The highest BCUT2D eigenvalue weighted by molar-refractivity contribution is 7.48. The number of carboxylic acid groups (broad SMARTS) is 1. The summed E-state index contributed by atoms with van der Waals surface area (Å²) in [5.74, 6) is -4.31. The van der Waals surface area contributed by atoms with Crippen LogP contribution in [0.2, 0.25) is 0 Å². The van der Waals surface area contributed by atoms with E-state index in [-0.39, 0.29) is 77.0 Å². The van der Waals surface area contributed by atoms with Crippen molar-refractivity contribution in [3.05, 3.63) is 117 Å². The lowest BCUT2D eigenvalue weighted by Gasteiger charge is -2.15. The van der Waals surface area contributed by atoms with Gasteiger partial charge in [-0.1, -0.05) is 49.2 Å². The molecule has 300 valence electrons. The third-order valence-corrected chi connectivity index (χ3v) is 9.24. The van der Waals surface area contributed by atoms with Gasteiger partial charge in [-0.2, -0.15) is 4.98 Å². The van der Waals surface area contributed by atoms with Crippen LogP contribution in [0.5, 0.6) is 5.75 Å². The summed E-state index contributed by atoms with van der Waals surface area (Å²) in [4.78, 5) is 89.9. The molecule has 2 aromatic heterocycles. The number of aliphatic carboxylic acids is 1. The van der Waals surface area contributed by atoms with Crippen molar-refractivity contribution in [2.75, 3.05) is 17.7 Å². The van der Waals surface area contributed by atoms with Gasteiger partial charge in [-0.25, -0.2) is 19.3 Å². The molecule has 0 saturated heterocycles. The molecule has 0 spiro atoms. The van der Waals surface area contributed by atoms with Crippen LogP contribution in [0.25, 0.3) is 11.2 Å². The van der Waals surface area contributed by atoms with Crippen LogP contribution in [-0.2, 0) is 40.6 Å². The van der Waals surface area contributed by atoms with Crippen LogP contribution in [0.15, 0.2) is 83.8 Å². The van der Waals surface area contributed by atoms with Crippen LogP contribution in [-0.4, -0.2) is 67.2 Å². The van der Waals surface area contributed by atoms with Gasteiger partial charge in [-0.05, 0) is 60.4 Å². The average Bonchev–Trinajstić information content (AvgIpc) is 3.20. The van der Waals surface area contributed by atoms with Gasteiger partial charge in [0.1, 0.15) is 29.7 Å². The highest BCUT2D eigenvalue weighted by Crippen LogP contribution is 2.48. The number of nitrogens with one attached hydrogen (secondary N) is 3. The summed E-state index contributed by atoms with van der Waals surface area (Å²) in [6, 6.07) is 16.9. The van der Waals surface area contributed by atoms with Gasteiger partial charge in [0.05, 0.1) is 18.4 Å². The Kier molecular flexibility index (Phi) is 13.9. The molecule has 3 aromatic carbocycles. The number of rotatable bonds is 18. The van der Waals surface area contributed by atoms with E-state index in [2.05, 4.69) is 39.6 Å². The van der Waals surface area contributed by atoms with E-state index in [0.717, 1.165) is 11.8 Å². The molecular formula is C39H32N7O12P. The number of carbonyl (C=O) groups excluding carboxylic acids is 4. The number of nitrogen functional groups attached to an aromatic ring is 1. The fourth-order valence-corrected chi connectivity index (χ4v) is 5.96. The first-order chi connectivity index (χ1) is 28.3. The molecule has 0 aliphatic rings. The average molecular weight is 822 g/mol. The fourth-order valence-electron chi connectivity index (χ4n) is 5.24. The molecule has 2 heterocycles. The number of carbonyl (C=O) groups is 5. The SMILES string of the molecule is C#COP(=O)(OC#C)OCCc1ccc(CC(=O)c2ccccc2OC(=O)CC[C@H](NC(=O)c2ccc(NC(=O)c3cnc4nc(N)[nH]c(=O)c4n3)cc2)C(=O)O)cc1. The number of esters is 1. The molecular weight excluding hydrogens is 789 g/mol. The molecule has 0 aliphatic carbocycles. The van der Waals surface area contributed by atoms with Gasteiger partial charge in [0.2, 0.25) is 5.95 Å². The molecule has 20 heteroatoms. The van der Waals surface area contributed by atoms with E-state index < -0.39 is 49.6 Å². The zero-order chi connectivity index (χ0) is 42.5. The highest BCUT2D eigenvalue weighted by atomic mass is 31.2. The number of benzene rings is 3. The standard InChI is InChI=1S/C39H32N7O12P/c1-3-55-59(54,56-4-2)57-20-19-23-9-11-24(12-10-23)21-30(47)27-7-5-6-8-31(27)58-32(48)18-17-28(38(52)53)44-35(49)25-13-15-26(16-14-25)42-36(50)29-22-41-34-33(43-29)37(51)46-39(40)45-34/h1-2,5-16,22,28H,17-21H2,(H,42,50)(H,44,49)(H,52,53)(H3,40,41,45,46,51)/t28-/m0/s1. The number of ether oxygens (including phenoxy) is 1. The quantitative estimate of drug-likeness (QED) is 0.0278. The van der Waals surface area contributed by atoms with Crippen molar-refractivity contribution in [2.24, 2.45) is 0 Å². The summed E-state index contributed by atoms with van der Waals surface area (Å²) in [6.07, 6.45) is 14.0. The van der Waals surface area contributed by atoms with Crippen molar-refractivity contribution in [1.82, 2.24) is 25.3 Å². The molecule has 2 amide bonds. The Morgan fingerprint density at radius 2 is 1.59 bits per heavy atom. The predicted molar refractivity (Wildman–Crippen MR) is 209 cm³/mol. The molecule has 0 fully saturated rings. The van der Waals surface area contributed by atoms with Crippen LogP contribution in [0.3, 0.4) is 0 Å². The van der Waals surface area contributed by atoms with Crippen molar-refractivity contribution < 1.29 is 52.0 Å². The number of aromatic amines is 1. The van der Waals surface area contributed by atoms with Crippen LogP contribution < -0.4 is 26.7 Å². The van der Waals surface area contributed by atoms with Crippen molar-refractivity contribution >= 4 is 60.2 Å². The lowest BCUT2D eigenvalue weighted by molar-refractivity contribution is -0.140. The lowest BCUT2D eigenvalue weighted by atomic mass is 10.0. The van der Waals surface area contributed by atoms with E-state index in [1.54, 1.807) is 48.6 Å². The molecule has 19 nitrogen and oxygen atoms in total. The van der Waals surface area contributed by atoms with Crippen LogP contribution in [0.1, 0.15) is 55.2 Å². The number of phosphoric ester groups is 1. The largest absolute Gasteiger partial charge is 0.604 e. The number of ketones is 1. The van der Waals surface area contributed by atoms with Crippen LogP contribution in [0.4, 0.5) is 11.6 Å². The van der Waals surface area contributed by atoms with E-state index in [1.807, 2.05) is 0 Å². The van der Waals surface area contributed by atoms with E-state index in [4.69, 9.17) is 27.8 Å². The summed E-state index contributed by atoms with van der Waals surface area (Å²) in [7, 11) is -4.10. The van der Waals surface area contributed by atoms with Crippen LogP contribution in [0, 0.1) is 25.1 Å². The van der Waals surface area contributed by atoms with Crippen molar-refractivity contribution in [3.63, 3.8) is 0 Å². The highest BCUT2D eigenvalue weighted by Gasteiger charge is 2.28. The van der Waals surface area contributed by atoms with E-state index >= 15 is 0 Å². The number of phosphoric acid groups is 1. The summed E-state index contributed by atoms with van der Waals surface area (Å²) in [5.41, 5.74) is 6.17. The maximum atomic E-state index is 13.2. The number of fused-ring (bicyclic) bond motifs is 1. The first-order valence-corrected chi connectivity index (χ1v) is 18.6. The number of anilines is 2. The molecule has 5 aromatic rings. The third kappa shape index (κ3) is 11.6. The van der Waals surface area contributed by atoms with Gasteiger partial charge < -0.3 is 35.3 Å². The van der Waals surface area contributed by atoms with Gasteiger partial charge >= 0.3 is 19.8 Å². The fraction of sp³-hybridized carbons (Fsp3) is 0.154. The number of para-hydroxylation sites is 1. The molecule has 0 radical (unpaired) electrons. The summed E-state index contributed by atoms with van der Waals surface area (Å²) < 4.78 is 31.7. The zero-order valence-corrected chi connectivity index (χ0v) is 31.5. The van der Waals surface area contributed by atoms with Gasteiger partial charge in [0.25, 0.3) is 17.4 Å². The third-order valence-electron chi connectivity index (χ3n) is 8.08. The summed E-state index contributed by atoms with van der Waals surface area (Å²) >= 11 is 0. The number of hydrogen-bond donors (Lipinski definition) is 5. The van der Waals surface area contributed by atoms with E-state index in [9.17, 15) is 38.4 Å². The number of amides is 2. The Labute approximate surface area is 334 Å². The Bertz CT molecular complexity index is 2580. The number of H-pyrrole nitrogens is 1. The molecule has 0 aliphatic heterocycles. The van der Waals surface area contributed by atoms with E-state index in [0.29, 0.717) is 5.56 Å². The summed E-state index contributed by atoms with van der Waals surface area (Å²) in [5, 5.41) is 14.7. The smallest absolute Gasteiger partial charge is 0.480 e. The van der Waals surface area contributed by atoms with Crippen molar-refractivity contribution in [1.29, 1.82) is 0 Å². The minimum atomic E-state index is -4.10. The van der Waals surface area contributed by atoms with Gasteiger partial charge in [0, 0.05) is 24.1 Å². The number of Topliss-reactive ketones (excluding diaryl/α,β-unsaturated/α-hetero) is 1. The number of nitrogens with two attached hydrogens (primary N) is 1. The van der Waals surface area contributed by atoms with Gasteiger partial charge in [-0.15, -0.1) is 0 Å². The Hall–Kier alpha value is -7.86. The first-order valence-electron chi connectivity index (χ1n) is 17.2. The number of aromatic nitrogens is 4.